The lowest BCUT2D eigenvalue weighted by Gasteiger charge is -2.10. The van der Waals surface area contributed by atoms with Crippen molar-refractivity contribution in [1.82, 2.24) is 0 Å². The highest BCUT2D eigenvalue weighted by atomic mass is 79.9. The number of carbonyl (C=O) groups excluding carboxylic acids is 1. The van der Waals surface area contributed by atoms with Crippen LogP contribution in [-0.2, 0) is 4.79 Å². The summed E-state index contributed by atoms with van der Waals surface area (Å²) in [5, 5.41) is 3.11. The number of hydrogen-bond acceptors (Lipinski definition) is 1. The summed E-state index contributed by atoms with van der Waals surface area (Å²) in [6.45, 7) is 2.05. The van der Waals surface area contributed by atoms with Gasteiger partial charge < -0.3 is 5.32 Å². The van der Waals surface area contributed by atoms with E-state index in [1.807, 2.05) is 19.1 Å². The van der Waals surface area contributed by atoms with Crippen LogP contribution in [-0.4, -0.2) is 5.91 Å². The predicted molar refractivity (Wildman–Crippen MR) is 78.8 cm³/mol. The highest BCUT2D eigenvalue weighted by Crippen LogP contribution is 2.69. The molecular weight excluding hydrogens is 302 g/mol. The molecule has 3 heteroatoms. The smallest absolute Gasteiger partial charge is 0.228 e. The van der Waals surface area contributed by atoms with Crippen LogP contribution in [0.15, 0.2) is 22.7 Å². The molecule has 19 heavy (non-hydrogen) atoms. The Morgan fingerprint density at radius 2 is 1.89 bits per heavy atom. The fraction of sp³-hybridized carbons (Fsp3) is 0.562. The highest BCUT2D eigenvalue weighted by Gasteiger charge is 2.67. The summed E-state index contributed by atoms with van der Waals surface area (Å²) in [5.74, 6) is 3.71. The molecule has 2 nitrogen and oxygen atoms in total. The van der Waals surface area contributed by atoms with E-state index in [4.69, 9.17) is 0 Å². The molecule has 1 N–H and O–H groups in total. The van der Waals surface area contributed by atoms with E-state index in [0.29, 0.717) is 17.8 Å². The second-order valence-corrected chi connectivity index (χ2v) is 7.44. The molecule has 2 bridgehead atoms. The summed E-state index contributed by atoms with van der Waals surface area (Å²) in [7, 11) is 0. The molecule has 0 saturated heterocycles. The van der Waals surface area contributed by atoms with E-state index in [1.54, 1.807) is 0 Å². The van der Waals surface area contributed by atoms with Crippen molar-refractivity contribution < 1.29 is 4.79 Å². The molecule has 4 unspecified atom stereocenters. The Bertz CT molecular complexity index is 519. The van der Waals surface area contributed by atoms with Gasteiger partial charge >= 0.3 is 0 Å². The van der Waals surface area contributed by atoms with Gasteiger partial charge in [0, 0.05) is 16.1 Å². The van der Waals surface area contributed by atoms with Gasteiger partial charge in [0.05, 0.1) is 0 Å². The van der Waals surface area contributed by atoms with E-state index >= 15 is 0 Å². The van der Waals surface area contributed by atoms with Gasteiger partial charge in [0.2, 0.25) is 5.91 Å². The van der Waals surface area contributed by atoms with Crippen molar-refractivity contribution in [2.75, 3.05) is 5.32 Å². The maximum atomic E-state index is 12.4. The van der Waals surface area contributed by atoms with Crippen LogP contribution in [0.25, 0.3) is 0 Å². The highest BCUT2D eigenvalue weighted by molar-refractivity contribution is 9.10. The summed E-state index contributed by atoms with van der Waals surface area (Å²) in [5.41, 5.74) is 2.09. The van der Waals surface area contributed by atoms with Crippen molar-refractivity contribution in [2.24, 2.45) is 29.6 Å². The summed E-state index contributed by atoms with van der Waals surface area (Å²) in [6, 6.07) is 6.08. The van der Waals surface area contributed by atoms with E-state index in [-0.39, 0.29) is 5.91 Å². The van der Waals surface area contributed by atoms with Crippen LogP contribution >= 0.6 is 15.9 Å². The molecule has 3 saturated carbocycles. The molecule has 0 aliphatic heterocycles. The number of nitrogens with one attached hydrogen (secondary N) is 1. The number of anilines is 1. The minimum atomic E-state index is 0.254. The van der Waals surface area contributed by atoms with Crippen molar-refractivity contribution >= 4 is 27.5 Å². The largest absolute Gasteiger partial charge is 0.326 e. The number of fused-ring (bicyclic) bond motifs is 5. The van der Waals surface area contributed by atoms with Gasteiger partial charge in [-0.2, -0.15) is 0 Å². The second kappa shape index (κ2) is 4.08. The van der Waals surface area contributed by atoms with Crippen LogP contribution in [0, 0.1) is 36.5 Å². The lowest BCUT2D eigenvalue weighted by atomic mass is 10.0. The van der Waals surface area contributed by atoms with Crippen molar-refractivity contribution in [1.29, 1.82) is 0 Å². The van der Waals surface area contributed by atoms with Crippen LogP contribution in [0.4, 0.5) is 5.69 Å². The number of halogens is 1. The minimum absolute atomic E-state index is 0.254. The van der Waals surface area contributed by atoms with Gasteiger partial charge in [-0.1, -0.05) is 15.9 Å². The van der Waals surface area contributed by atoms with Crippen molar-refractivity contribution in [2.45, 2.75) is 26.2 Å². The third-order valence-corrected chi connectivity index (χ3v) is 5.81. The number of hydrogen-bond donors (Lipinski definition) is 1. The molecule has 1 aromatic carbocycles. The van der Waals surface area contributed by atoms with Gasteiger partial charge in [-0.25, -0.2) is 0 Å². The quantitative estimate of drug-likeness (QED) is 0.877. The molecule has 3 aliphatic carbocycles. The first-order valence-corrected chi connectivity index (χ1v) is 8.01. The first-order chi connectivity index (χ1) is 9.13. The van der Waals surface area contributed by atoms with Gasteiger partial charge in [0.1, 0.15) is 0 Å². The zero-order valence-electron chi connectivity index (χ0n) is 11.0. The summed E-state index contributed by atoms with van der Waals surface area (Å²) in [6.07, 6.45) is 4.13. The van der Waals surface area contributed by atoms with Gasteiger partial charge in [0.15, 0.2) is 0 Å². The Balaban J connectivity index is 1.48. The zero-order valence-corrected chi connectivity index (χ0v) is 12.6. The SMILES string of the molecule is Cc1cc(Br)cc(NC(=O)C2C3C4CCC(C4)C23)c1. The summed E-state index contributed by atoms with van der Waals surface area (Å²) >= 11 is 3.48. The normalized spacial score (nSPS) is 38.1. The monoisotopic (exact) mass is 319 g/mol. The van der Waals surface area contributed by atoms with Crippen LogP contribution in [0.3, 0.4) is 0 Å². The molecule has 3 aliphatic rings. The summed E-state index contributed by atoms with van der Waals surface area (Å²) in [4.78, 5) is 12.4. The first-order valence-electron chi connectivity index (χ1n) is 7.21. The molecule has 4 atom stereocenters. The van der Waals surface area contributed by atoms with Crippen molar-refractivity contribution in [3.63, 3.8) is 0 Å². The molecule has 0 radical (unpaired) electrons. The predicted octanol–water partition coefficient (Wildman–Crippen LogP) is 3.99. The number of amides is 1. The topological polar surface area (TPSA) is 29.1 Å². The number of aryl methyl sites for hydroxylation is 1. The first kappa shape index (κ1) is 12.0. The Labute approximate surface area is 122 Å². The third-order valence-electron chi connectivity index (χ3n) is 5.35. The standard InChI is InChI=1S/C16H18BrNO/c1-8-4-11(17)7-12(5-8)18-16(19)15-13-9-2-3-10(6-9)14(13)15/h4-5,7,9-10,13-15H,2-3,6H2,1H3,(H,18,19). The number of rotatable bonds is 2. The average molecular weight is 320 g/mol. The number of carbonyl (C=O) groups is 1. The van der Waals surface area contributed by atoms with Crippen molar-refractivity contribution in [3.05, 3.63) is 28.2 Å². The Kier molecular flexibility index (Phi) is 2.57. The van der Waals surface area contributed by atoms with Gasteiger partial charge in [-0.05, 0) is 73.6 Å². The lowest BCUT2D eigenvalue weighted by molar-refractivity contribution is -0.118. The molecule has 0 heterocycles. The van der Waals surface area contributed by atoms with Crippen molar-refractivity contribution in [3.8, 4) is 0 Å². The maximum absolute atomic E-state index is 12.4. The Hall–Kier alpha value is -0.830. The molecular formula is C16H18BrNO. The van der Waals surface area contributed by atoms with E-state index in [0.717, 1.165) is 22.0 Å². The van der Waals surface area contributed by atoms with Gasteiger partial charge in [-0.3, -0.25) is 4.79 Å². The van der Waals surface area contributed by atoms with Gasteiger partial charge in [0.25, 0.3) is 0 Å². The molecule has 1 aromatic rings. The minimum Gasteiger partial charge on any atom is -0.326 e. The van der Waals surface area contributed by atoms with E-state index in [9.17, 15) is 4.79 Å². The average Bonchev–Trinajstić information content (AvgIpc) is 2.78. The maximum Gasteiger partial charge on any atom is 0.228 e. The summed E-state index contributed by atoms with van der Waals surface area (Å²) < 4.78 is 1.03. The van der Waals surface area contributed by atoms with Crippen LogP contribution in [0.2, 0.25) is 0 Å². The molecule has 0 spiro atoms. The van der Waals surface area contributed by atoms with E-state index < -0.39 is 0 Å². The van der Waals surface area contributed by atoms with Crippen LogP contribution in [0.5, 0.6) is 0 Å². The fourth-order valence-electron chi connectivity index (χ4n) is 4.71. The fourth-order valence-corrected chi connectivity index (χ4v) is 5.32. The lowest BCUT2D eigenvalue weighted by Crippen LogP contribution is -2.18. The Morgan fingerprint density at radius 3 is 2.53 bits per heavy atom. The van der Waals surface area contributed by atoms with E-state index in [2.05, 4.69) is 27.3 Å². The molecule has 100 valence electrons. The molecule has 4 rings (SSSR count). The van der Waals surface area contributed by atoms with E-state index in [1.165, 1.54) is 24.8 Å². The van der Waals surface area contributed by atoms with Gasteiger partial charge in [-0.15, -0.1) is 0 Å². The van der Waals surface area contributed by atoms with Crippen LogP contribution in [0.1, 0.15) is 24.8 Å². The number of benzene rings is 1. The Morgan fingerprint density at radius 1 is 1.21 bits per heavy atom. The zero-order chi connectivity index (χ0) is 13.1. The molecule has 1 amide bonds. The molecule has 3 fully saturated rings. The van der Waals surface area contributed by atoms with Crippen LogP contribution < -0.4 is 5.32 Å². The third kappa shape index (κ3) is 1.85. The molecule has 0 aromatic heterocycles. The second-order valence-electron chi connectivity index (χ2n) is 6.52.